The first-order chi connectivity index (χ1) is 6.15. The molecule has 1 aliphatic heterocycles. The molecule has 0 aromatic heterocycles. The van der Waals surface area contributed by atoms with Gasteiger partial charge in [-0.25, -0.2) is 0 Å². The number of hydrogen-bond donors (Lipinski definition) is 2. The maximum atomic E-state index is 10.9. The van der Waals surface area contributed by atoms with Gasteiger partial charge in [-0.15, -0.1) is 0 Å². The van der Waals surface area contributed by atoms with Crippen LogP contribution in [0.15, 0.2) is 12.7 Å². The molecule has 1 rings (SSSR count). The van der Waals surface area contributed by atoms with Crippen molar-refractivity contribution >= 4 is 11.9 Å². The van der Waals surface area contributed by atoms with E-state index in [2.05, 4.69) is 11.9 Å². The van der Waals surface area contributed by atoms with Gasteiger partial charge in [-0.1, -0.05) is 6.58 Å². The molecule has 0 unspecified atom stereocenters. The van der Waals surface area contributed by atoms with Crippen LogP contribution in [-0.4, -0.2) is 36.2 Å². The summed E-state index contributed by atoms with van der Waals surface area (Å²) < 4.78 is 4.95. The molecule has 0 aromatic rings. The van der Waals surface area contributed by atoms with Gasteiger partial charge < -0.3 is 15.2 Å². The van der Waals surface area contributed by atoms with E-state index in [-0.39, 0.29) is 19.1 Å². The second-order valence-corrected chi connectivity index (χ2v) is 2.80. The maximum Gasteiger partial charge on any atom is 0.311 e. The van der Waals surface area contributed by atoms with Gasteiger partial charge in [0, 0.05) is 0 Å². The zero-order valence-electron chi connectivity index (χ0n) is 7.03. The van der Waals surface area contributed by atoms with Crippen LogP contribution in [0, 0.1) is 5.92 Å². The van der Waals surface area contributed by atoms with Crippen molar-refractivity contribution in [3.05, 3.63) is 12.7 Å². The summed E-state index contributed by atoms with van der Waals surface area (Å²) in [6, 6.07) is -0.442. The highest BCUT2D eigenvalue weighted by atomic mass is 16.5. The number of aliphatic carboxylic acids is 1. The van der Waals surface area contributed by atoms with Crippen LogP contribution in [0.1, 0.15) is 0 Å². The molecule has 1 saturated heterocycles. The number of nitrogens with one attached hydrogen (secondary N) is 1. The number of rotatable bonds is 3. The Morgan fingerprint density at radius 2 is 2.23 bits per heavy atom. The quantitative estimate of drug-likeness (QED) is 0.575. The topological polar surface area (TPSA) is 75.6 Å². The minimum absolute atomic E-state index is 0.150. The monoisotopic (exact) mass is 185 g/mol. The standard InChI is InChI=1S/C8H11NO4/c1-2-7(10)9-6-4-13-3-5(6)8(11)12/h2,5-6H,1,3-4H2,(H,9,10)(H,11,12)/t5-,6-/m0/s1. The van der Waals surface area contributed by atoms with Crippen molar-refractivity contribution in [1.29, 1.82) is 0 Å². The van der Waals surface area contributed by atoms with Crippen molar-refractivity contribution in [3.8, 4) is 0 Å². The van der Waals surface area contributed by atoms with Crippen LogP contribution in [0.5, 0.6) is 0 Å². The molecule has 1 heterocycles. The summed E-state index contributed by atoms with van der Waals surface area (Å²) in [5.74, 6) is -1.97. The van der Waals surface area contributed by atoms with Gasteiger partial charge in [-0.2, -0.15) is 0 Å². The van der Waals surface area contributed by atoms with Crippen LogP contribution >= 0.6 is 0 Å². The summed E-state index contributed by atoms with van der Waals surface area (Å²) in [7, 11) is 0. The predicted molar refractivity (Wildman–Crippen MR) is 44.1 cm³/mol. The Labute approximate surface area is 75.4 Å². The Bertz CT molecular complexity index is 238. The molecule has 13 heavy (non-hydrogen) atoms. The third kappa shape index (κ3) is 2.29. The normalized spacial score (nSPS) is 26.8. The van der Waals surface area contributed by atoms with Crippen LogP contribution in [0.25, 0.3) is 0 Å². The van der Waals surface area contributed by atoms with Crippen molar-refractivity contribution < 1.29 is 19.4 Å². The van der Waals surface area contributed by atoms with Gasteiger partial charge in [-0.05, 0) is 6.08 Å². The van der Waals surface area contributed by atoms with Crippen LogP contribution in [-0.2, 0) is 14.3 Å². The minimum atomic E-state index is -0.952. The van der Waals surface area contributed by atoms with Gasteiger partial charge in [0.05, 0.1) is 19.3 Å². The first-order valence-electron chi connectivity index (χ1n) is 3.88. The summed E-state index contributed by atoms with van der Waals surface area (Å²) >= 11 is 0. The Hall–Kier alpha value is -1.36. The van der Waals surface area contributed by atoms with Crippen LogP contribution in [0.4, 0.5) is 0 Å². The Morgan fingerprint density at radius 3 is 2.77 bits per heavy atom. The fourth-order valence-electron chi connectivity index (χ4n) is 1.18. The third-order valence-corrected chi connectivity index (χ3v) is 1.91. The molecule has 0 bridgehead atoms. The predicted octanol–water partition coefficient (Wildman–Crippen LogP) is -0.612. The third-order valence-electron chi connectivity index (χ3n) is 1.91. The number of carbonyl (C=O) groups is 2. The first-order valence-corrected chi connectivity index (χ1v) is 3.88. The van der Waals surface area contributed by atoms with E-state index in [1.807, 2.05) is 0 Å². The largest absolute Gasteiger partial charge is 0.481 e. The fraction of sp³-hybridized carbons (Fsp3) is 0.500. The molecule has 0 aromatic carbocycles. The molecule has 0 radical (unpaired) electrons. The molecular formula is C8H11NO4. The van der Waals surface area contributed by atoms with E-state index in [0.717, 1.165) is 6.08 Å². The number of carboxylic acid groups (broad SMARTS) is 1. The number of hydrogen-bond acceptors (Lipinski definition) is 3. The molecule has 0 saturated carbocycles. The molecular weight excluding hydrogens is 174 g/mol. The summed E-state index contributed by atoms with van der Waals surface area (Å²) in [4.78, 5) is 21.5. The van der Waals surface area contributed by atoms with Gasteiger partial charge in [0.15, 0.2) is 0 Å². The SMILES string of the molecule is C=CC(=O)N[C@H]1COC[C@@H]1C(=O)O. The highest BCUT2D eigenvalue weighted by molar-refractivity contribution is 5.87. The lowest BCUT2D eigenvalue weighted by atomic mass is 10.0. The average Bonchev–Trinajstić information content (AvgIpc) is 2.52. The minimum Gasteiger partial charge on any atom is -0.481 e. The molecule has 0 spiro atoms. The van der Waals surface area contributed by atoms with Crippen LogP contribution in [0.3, 0.4) is 0 Å². The highest BCUT2D eigenvalue weighted by Gasteiger charge is 2.34. The summed E-state index contributed by atoms with van der Waals surface area (Å²) in [5.41, 5.74) is 0. The molecule has 5 nitrogen and oxygen atoms in total. The Morgan fingerprint density at radius 1 is 1.54 bits per heavy atom. The van der Waals surface area contributed by atoms with Crippen molar-refractivity contribution in [2.75, 3.05) is 13.2 Å². The van der Waals surface area contributed by atoms with E-state index >= 15 is 0 Å². The van der Waals surface area contributed by atoms with E-state index in [9.17, 15) is 9.59 Å². The van der Waals surface area contributed by atoms with Crippen molar-refractivity contribution in [3.63, 3.8) is 0 Å². The van der Waals surface area contributed by atoms with E-state index in [4.69, 9.17) is 9.84 Å². The summed E-state index contributed by atoms with van der Waals surface area (Å²) in [6.07, 6.45) is 1.11. The Balaban J connectivity index is 2.53. The molecule has 1 amide bonds. The molecule has 2 atom stereocenters. The number of carboxylic acids is 1. The number of carbonyl (C=O) groups excluding carboxylic acids is 1. The van der Waals surface area contributed by atoms with E-state index in [0.29, 0.717) is 0 Å². The lowest BCUT2D eigenvalue weighted by molar-refractivity contribution is -0.142. The van der Waals surface area contributed by atoms with Crippen molar-refractivity contribution in [2.24, 2.45) is 5.92 Å². The van der Waals surface area contributed by atoms with Gasteiger partial charge in [0.1, 0.15) is 5.92 Å². The maximum absolute atomic E-state index is 10.9. The van der Waals surface area contributed by atoms with E-state index < -0.39 is 17.9 Å². The van der Waals surface area contributed by atoms with E-state index in [1.165, 1.54) is 0 Å². The zero-order chi connectivity index (χ0) is 9.84. The molecule has 1 aliphatic rings. The number of amides is 1. The van der Waals surface area contributed by atoms with Gasteiger partial charge in [-0.3, -0.25) is 9.59 Å². The lowest BCUT2D eigenvalue weighted by Crippen LogP contribution is -2.41. The first kappa shape index (κ1) is 9.73. The molecule has 0 aliphatic carbocycles. The zero-order valence-corrected chi connectivity index (χ0v) is 7.03. The van der Waals surface area contributed by atoms with Crippen molar-refractivity contribution in [2.45, 2.75) is 6.04 Å². The molecule has 72 valence electrons. The highest BCUT2D eigenvalue weighted by Crippen LogP contribution is 2.13. The summed E-state index contributed by atoms with van der Waals surface area (Å²) in [6.45, 7) is 3.67. The Kier molecular flexibility index (Phi) is 3.02. The average molecular weight is 185 g/mol. The van der Waals surface area contributed by atoms with Gasteiger partial charge in [0.25, 0.3) is 0 Å². The van der Waals surface area contributed by atoms with Crippen LogP contribution < -0.4 is 5.32 Å². The van der Waals surface area contributed by atoms with Gasteiger partial charge >= 0.3 is 5.97 Å². The molecule has 2 N–H and O–H groups in total. The van der Waals surface area contributed by atoms with Gasteiger partial charge in [0.2, 0.25) is 5.91 Å². The smallest absolute Gasteiger partial charge is 0.311 e. The fourth-order valence-corrected chi connectivity index (χ4v) is 1.18. The molecule has 1 fully saturated rings. The number of ether oxygens (including phenoxy) is 1. The van der Waals surface area contributed by atoms with E-state index in [1.54, 1.807) is 0 Å². The lowest BCUT2D eigenvalue weighted by Gasteiger charge is -2.13. The molecule has 5 heteroatoms. The van der Waals surface area contributed by atoms with Crippen LogP contribution in [0.2, 0.25) is 0 Å². The summed E-state index contributed by atoms with van der Waals surface area (Å²) in [5, 5.41) is 11.2. The van der Waals surface area contributed by atoms with Crippen molar-refractivity contribution in [1.82, 2.24) is 5.32 Å². The second kappa shape index (κ2) is 4.04. The second-order valence-electron chi connectivity index (χ2n) is 2.80.